The maximum absolute atomic E-state index is 13.9. The van der Waals surface area contributed by atoms with Crippen LogP contribution in [-0.4, -0.2) is 19.7 Å². The zero-order valence-electron chi connectivity index (χ0n) is 21.3. The molecule has 3 aromatic rings. The molecule has 1 N–H and O–H groups in total. The number of benzene rings is 3. The van der Waals surface area contributed by atoms with E-state index in [1.165, 1.54) is 19.2 Å². The molecule has 1 spiro atoms. The third-order valence-corrected chi connectivity index (χ3v) is 7.82. The Balaban J connectivity index is 1.47. The fourth-order valence-corrected chi connectivity index (χ4v) is 5.87. The molecule has 38 heavy (non-hydrogen) atoms. The molecule has 8 heteroatoms. The van der Waals surface area contributed by atoms with Crippen molar-refractivity contribution < 1.29 is 22.7 Å². The van der Waals surface area contributed by atoms with Crippen LogP contribution in [0.25, 0.3) is 11.1 Å². The Kier molecular flexibility index (Phi) is 6.56. The number of methoxy groups -OCH3 is 1. The van der Waals surface area contributed by atoms with Crippen molar-refractivity contribution in [3.05, 3.63) is 82.4 Å². The normalized spacial score (nSPS) is 15.8. The van der Waals surface area contributed by atoms with Gasteiger partial charge in [-0.15, -0.1) is 0 Å². The molecule has 1 fully saturated rings. The lowest BCUT2D eigenvalue weighted by molar-refractivity contribution is -0.137. The molecule has 0 radical (unpaired) electrons. The lowest BCUT2D eigenvalue weighted by atomic mass is 9.79. The number of hydrogen-bond donors (Lipinski definition) is 1. The molecular formula is C30H28F3N3O2. The van der Waals surface area contributed by atoms with Crippen molar-refractivity contribution in [2.45, 2.75) is 50.7 Å². The quantitative estimate of drug-likeness (QED) is 0.400. The molecule has 1 aliphatic heterocycles. The maximum atomic E-state index is 13.9. The Morgan fingerprint density at radius 2 is 1.87 bits per heavy atom. The number of halogens is 3. The van der Waals surface area contributed by atoms with E-state index in [2.05, 4.69) is 11.4 Å². The van der Waals surface area contributed by atoms with Gasteiger partial charge in [0.15, 0.2) is 0 Å². The zero-order valence-corrected chi connectivity index (χ0v) is 21.3. The number of fused-ring (bicyclic) bond motifs is 2. The monoisotopic (exact) mass is 519 g/mol. The molecule has 196 valence electrons. The van der Waals surface area contributed by atoms with E-state index in [-0.39, 0.29) is 22.8 Å². The summed E-state index contributed by atoms with van der Waals surface area (Å²) >= 11 is 0. The van der Waals surface area contributed by atoms with Crippen LogP contribution in [0.1, 0.15) is 53.5 Å². The van der Waals surface area contributed by atoms with Gasteiger partial charge < -0.3 is 10.1 Å². The molecule has 2 aliphatic rings. The molecule has 1 saturated carbocycles. The van der Waals surface area contributed by atoms with E-state index in [9.17, 15) is 18.0 Å². The van der Waals surface area contributed by atoms with Crippen molar-refractivity contribution in [1.82, 2.24) is 5.32 Å². The molecule has 0 atom stereocenters. The van der Waals surface area contributed by atoms with Gasteiger partial charge in [-0.2, -0.15) is 18.4 Å². The zero-order chi connectivity index (χ0) is 27.1. The summed E-state index contributed by atoms with van der Waals surface area (Å²) in [6.07, 6.45) is -0.739. The Morgan fingerprint density at radius 3 is 2.53 bits per heavy atom. The van der Waals surface area contributed by atoms with Gasteiger partial charge in [0.2, 0.25) is 0 Å². The Morgan fingerprint density at radius 1 is 1.11 bits per heavy atom. The fourth-order valence-electron chi connectivity index (χ4n) is 5.87. The second kappa shape index (κ2) is 9.71. The van der Waals surface area contributed by atoms with Gasteiger partial charge in [0.05, 0.1) is 24.3 Å². The highest BCUT2D eigenvalue weighted by atomic mass is 19.4. The van der Waals surface area contributed by atoms with Crippen LogP contribution in [0.5, 0.6) is 5.75 Å². The minimum atomic E-state index is -4.54. The number of alkyl halides is 3. The first-order chi connectivity index (χ1) is 18.1. The van der Waals surface area contributed by atoms with E-state index in [1.54, 1.807) is 23.1 Å². The Bertz CT molecular complexity index is 1440. The lowest BCUT2D eigenvalue weighted by Gasteiger charge is -2.25. The standard InChI is InChI=1S/C30H28F3N3O2/c1-19-13-20(5-6-22(19)16-34)17-35-28(37)36-18-29(11-3-4-12-29)26-14-21(7-10-27(26)36)24-9-8-23(38-2)15-25(24)30(31,32)33/h5-10,13-15H,3-4,11-12,17-18H2,1-2H3,(H,35,37). The van der Waals surface area contributed by atoms with Crippen LogP contribution in [0, 0.1) is 18.3 Å². The minimum Gasteiger partial charge on any atom is -0.497 e. The molecule has 0 aromatic heterocycles. The Labute approximate surface area is 219 Å². The number of rotatable bonds is 4. The van der Waals surface area contributed by atoms with Crippen LogP contribution in [0.15, 0.2) is 54.6 Å². The van der Waals surface area contributed by atoms with Gasteiger partial charge >= 0.3 is 12.2 Å². The van der Waals surface area contributed by atoms with E-state index in [4.69, 9.17) is 10.00 Å². The summed E-state index contributed by atoms with van der Waals surface area (Å²) in [6.45, 7) is 2.66. The van der Waals surface area contributed by atoms with Crippen LogP contribution >= 0.6 is 0 Å². The van der Waals surface area contributed by atoms with Crippen LogP contribution < -0.4 is 15.0 Å². The van der Waals surface area contributed by atoms with Crippen molar-refractivity contribution in [2.24, 2.45) is 0 Å². The number of nitrogens with zero attached hydrogens (tertiary/aromatic N) is 2. The van der Waals surface area contributed by atoms with Gasteiger partial charge in [0.1, 0.15) is 5.75 Å². The van der Waals surface area contributed by atoms with Crippen LogP contribution in [0.3, 0.4) is 0 Å². The molecule has 5 nitrogen and oxygen atoms in total. The van der Waals surface area contributed by atoms with Gasteiger partial charge in [-0.25, -0.2) is 4.79 Å². The summed E-state index contributed by atoms with van der Waals surface area (Å²) < 4.78 is 46.9. The molecule has 1 heterocycles. The first-order valence-corrected chi connectivity index (χ1v) is 12.6. The number of anilines is 1. The number of aryl methyl sites for hydroxylation is 1. The van der Waals surface area contributed by atoms with E-state index >= 15 is 0 Å². The SMILES string of the molecule is COc1ccc(-c2ccc3c(c2)C2(CCCC2)CN3C(=O)NCc2ccc(C#N)c(C)c2)c(C(F)(F)F)c1. The highest BCUT2D eigenvalue weighted by Crippen LogP contribution is 2.52. The average Bonchev–Trinajstić information content (AvgIpc) is 3.51. The number of urea groups is 1. The predicted molar refractivity (Wildman–Crippen MR) is 139 cm³/mol. The maximum Gasteiger partial charge on any atom is 0.417 e. The van der Waals surface area contributed by atoms with E-state index in [0.717, 1.165) is 54.1 Å². The molecule has 3 aromatic carbocycles. The van der Waals surface area contributed by atoms with Crippen LogP contribution in [0.4, 0.5) is 23.7 Å². The van der Waals surface area contributed by atoms with Crippen molar-refractivity contribution >= 4 is 11.7 Å². The number of ether oxygens (including phenoxy) is 1. The van der Waals surface area contributed by atoms with Crippen molar-refractivity contribution in [1.29, 1.82) is 5.26 Å². The summed E-state index contributed by atoms with van der Waals surface area (Å²) in [5, 5.41) is 12.1. The second-order valence-corrected chi connectivity index (χ2v) is 10.1. The second-order valence-electron chi connectivity index (χ2n) is 10.1. The molecule has 0 bridgehead atoms. The molecule has 2 amide bonds. The van der Waals surface area contributed by atoms with Crippen molar-refractivity contribution in [3.63, 3.8) is 0 Å². The summed E-state index contributed by atoms with van der Waals surface area (Å²) in [4.78, 5) is 15.1. The summed E-state index contributed by atoms with van der Waals surface area (Å²) in [5.74, 6) is 0.148. The number of nitriles is 1. The van der Waals surface area contributed by atoms with E-state index in [0.29, 0.717) is 24.2 Å². The fraction of sp³-hybridized carbons (Fsp3) is 0.333. The first kappa shape index (κ1) is 25.7. The number of nitrogens with one attached hydrogen (secondary N) is 1. The molecule has 5 rings (SSSR count). The average molecular weight is 520 g/mol. The summed E-state index contributed by atoms with van der Waals surface area (Å²) in [5.41, 5.74) is 3.55. The molecule has 1 aliphatic carbocycles. The van der Waals surface area contributed by atoms with Crippen molar-refractivity contribution in [2.75, 3.05) is 18.6 Å². The van der Waals surface area contributed by atoms with Crippen molar-refractivity contribution in [3.8, 4) is 22.9 Å². The van der Waals surface area contributed by atoms with Gasteiger partial charge in [0.25, 0.3) is 0 Å². The first-order valence-electron chi connectivity index (χ1n) is 12.6. The number of carbonyl (C=O) groups excluding carboxylic acids is 1. The van der Waals surface area contributed by atoms with E-state index < -0.39 is 11.7 Å². The highest BCUT2D eigenvalue weighted by molar-refractivity contribution is 5.96. The molecular weight excluding hydrogens is 491 g/mol. The predicted octanol–water partition coefficient (Wildman–Crippen LogP) is 7.10. The van der Waals surface area contributed by atoms with Crippen LogP contribution in [-0.2, 0) is 18.1 Å². The third kappa shape index (κ3) is 4.58. The van der Waals surface area contributed by atoms with E-state index in [1.807, 2.05) is 25.1 Å². The van der Waals surface area contributed by atoms with Gasteiger partial charge in [-0.1, -0.05) is 37.1 Å². The largest absolute Gasteiger partial charge is 0.497 e. The third-order valence-electron chi connectivity index (χ3n) is 7.82. The van der Waals surface area contributed by atoms with Gasteiger partial charge in [0, 0.05) is 24.2 Å². The molecule has 0 saturated heterocycles. The lowest BCUT2D eigenvalue weighted by Crippen LogP contribution is -2.41. The summed E-state index contributed by atoms with van der Waals surface area (Å²) in [6, 6.07) is 16.6. The van der Waals surface area contributed by atoms with Gasteiger partial charge in [-0.05, 0) is 77.9 Å². The number of carbonyl (C=O) groups is 1. The van der Waals surface area contributed by atoms with Crippen LogP contribution in [0.2, 0.25) is 0 Å². The molecule has 0 unspecified atom stereocenters. The topological polar surface area (TPSA) is 65.4 Å². The summed E-state index contributed by atoms with van der Waals surface area (Å²) in [7, 11) is 1.34. The minimum absolute atomic E-state index is 0.0911. The Hall–Kier alpha value is -3.99. The smallest absolute Gasteiger partial charge is 0.417 e. The number of hydrogen-bond acceptors (Lipinski definition) is 3. The highest BCUT2D eigenvalue weighted by Gasteiger charge is 2.46. The van der Waals surface area contributed by atoms with Gasteiger partial charge in [-0.3, -0.25) is 4.90 Å². The number of amides is 2.